The number of pyridine rings is 1. The van der Waals surface area contributed by atoms with Crippen LogP contribution in [-0.4, -0.2) is 30.2 Å². The second-order valence-electron chi connectivity index (χ2n) is 6.62. The molecule has 1 amide bonds. The van der Waals surface area contributed by atoms with Crippen LogP contribution in [0.15, 0.2) is 18.3 Å². The quantitative estimate of drug-likeness (QED) is 0.904. The van der Waals surface area contributed by atoms with Crippen LogP contribution >= 0.6 is 0 Å². The fraction of sp³-hybridized carbons (Fsp3) is 0.647. The van der Waals surface area contributed by atoms with Crippen LogP contribution in [0, 0.1) is 11.8 Å². The van der Waals surface area contributed by atoms with Gasteiger partial charge >= 0.3 is 6.18 Å². The molecule has 0 unspecified atom stereocenters. The van der Waals surface area contributed by atoms with E-state index < -0.39 is 23.9 Å². The summed E-state index contributed by atoms with van der Waals surface area (Å²) >= 11 is 0. The van der Waals surface area contributed by atoms with Crippen molar-refractivity contribution in [2.45, 2.75) is 44.7 Å². The van der Waals surface area contributed by atoms with Crippen molar-refractivity contribution in [2.75, 3.05) is 23.3 Å². The molecule has 2 heterocycles. The molecule has 4 nitrogen and oxygen atoms in total. The summed E-state index contributed by atoms with van der Waals surface area (Å²) in [7, 11) is 0. The summed E-state index contributed by atoms with van der Waals surface area (Å²) in [5.74, 6) is -2.82. The average Bonchev–Trinajstić information content (AvgIpc) is 3.09. The van der Waals surface area contributed by atoms with E-state index >= 15 is 0 Å². The lowest BCUT2D eigenvalue weighted by Crippen LogP contribution is -2.39. The highest BCUT2D eigenvalue weighted by molar-refractivity contribution is 5.92. The first kappa shape index (κ1) is 17.0. The van der Waals surface area contributed by atoms with E-state index in [0.717, 1.165) is 31.6 Å². The molecule has 1 aliphatic carbocycles. The van der Waals surface area contributed by atoms with E-state index in [1.54, 1.807) is 12.3 Å². The highest BCUT2D eigenvalue weighted by Crippen LogP contribution is 2.41. The van der Waals surface area contributed by atoms with E-state index in [-0.39, 0.29) is 12.8 Å². The fourth-order valence-corrected chi connectivity index (χ4v) is 3.68. The number of amides is 1. The zero-order valence-corrected chi connectivity index (χ0v) is 13.5. The van der Waals surface area contributed by atoms with Crippen LogP contribution in [0.1, 0.15) is 38.5 Å². The molecule has 3 rings (SSSR count). The Kier molecular flexibility index (Phi) is 4.96. The van der Waals surface area contributed by atoms with E-state index in [0.29, 0.717) is 18.7 Å². The number of anilines is 2. The lowest BCUT2D eigenvalue weighted by molar-refractivity contribution is -0.197. The highest BCUT2D eigenvalue weighted by atomic mass is 19.4. The van der Waals surface area contributed by atoms with Gasteiger partial charge in [-0.15, -0.1) is 0 Å². The largest absolute Gasteiger partial charge is 0.392 e. The SMILES string of the molecule is O=C(Nc1ccc(N2CCCC2)cn1)[C@H]1CCCC[C@H]1C(F)(F)F. The number of halogens is 3. The molecule has 0 bridgehead atoms. The van der Waals surface area contributed by atoms with Crippen molar-refractivity contribution in [1.82, 2.24) is 4.98 Å². The standard InChI is InChI=1S/C17H22F3N3O/c18-17(19,20)14-6-2-1-5-13(14)16(24)22-15-8-7-12(11-21-15)23-9-3-4-10-23/h7-8,11,13-14H,1-6,9-10H2,(H,21,22,24)/t13-,14+/m0/s1. The van der Waals surface area contributed by atoms with Crippen LogP contribution < -0.4 is 10.2 Å². The Balaban J connectivity index is 1.65. The molecule has 2 fully saturated rings. The summed E-state index contributed by atoms with van der Waals surface area (Å²) in [6.07, 6.45) is 1.14. The van der Waals surface area contributed by atoms with Crippen molar-refractivity contribution in [3.8, 4) is 0 Å². The summed E-state index contributed by atoms with van der Waals surface area (Å²) in [5, 5.41) is 2.56. The molecule has 7 heteroatoms. The van der Waals surface area contributed by atoms with Crippen LogP contribution in [-0.2, 0) is 4.79 Å². The first-order valence-electron chi connectivity index (χ1n) is 8.54. The number of nitrogens with one attached hydrogen (secondary N) is 1. The molecule has 24 heavy (non-hydrogen) atoms. The third kappa shape index (κ3) is 3.82. The van der Waals surface area contributed by atoms with Crippen molar-refractivity contribution >= 4 is 17.4 Å². The average molecular weight is 341 g/mol. The lowest BCUT2D eigenvalue weighted by Gasteiger charge is -2.31. The first-order valence-corrected chi connectivity index (χ1v) is 8.54. The van der Waals surface area contributed by atoms with Crippen molar-refractivity contribution in [2.24, 2.45) is 11.8 Å². The number of nitrogens with zero attached hydrogens (tertiary/aromatic N) is 2. The molecule has 1 N–H and O–H groups in total. The van der Waals surface area contributed by atoms with Crippen molar-refractivity contribution in [3.05, 3.63) is 18.3 Å². The normalized spacial score (nSPS) is 24.9. The van der Waals surface area contributed by atoms with Gasteiger partial charge in [-0.25, -0.2) is 4.98 Å². The Hall–Kier alpha value is -1.79. The smallest absolute Gasteiger partial charge is 0.370 e. The predicted octanol–water partition coefficient (Wildman–Crippen LogP) is 3.99. The monoisotopic (exact) mass is 341 g/mol. The molecule has 0 radical (unpaired) electrons. The van der Waals surface area contributed by atoms with Gasteiger partial charge in [0.25, 0.3) is 0 Å². The van der Waals surface area contributed by atoms with Crippen molar-refractivity contribution < 1.29 is 18.0 Å². The molecular formula is C17H22F3N3O. The molecule has 2 atom stereocenters. The van der Waals surface area contributed by atoms with Gasteiger partial charge in [-0.3, -0.25) is 4.79 Å². The van der Waals surface area contributed by atoms with Crippen LogP contribution in [0.4, 0.5) is 24.7 Å². The minimum Gasteiger partial charge on any atom is -0.370 e. The third-order valence-corrected chi connectivity index (χ3v) is 4.99. The Labute approximate surface area is 139 Å². The molecule has 0 aromatic carbocycles. The highest BCUT2D eigenvalue weighted by Gasteiger charge is 2.48. The number of alkyl halides is 3. The van der Waals surface area contributed by atoms with Gasteiger partial charge in [0.2, 0.25) is 5.91 Å². The molecule has 1 aromatic rings. The maximum atomic E-state index is 13.1. The van der Waals surface area contributed by atoms with Crippen LogP contribution in [0.2, 0.25) is 0 Å². The fourth-order valence-electron chi connectivity index (χ4n) is 3.68. The Morgan fingerprint density at radius 1 is 1.12 bits per heavy atom. The van der Waals surface area contributed by atoms with Gasteiger partial charge in [-0.2, -0.15) is 13.2 Å². The van der Waals surface area contributed by atoms with Crippen LogP contribution in [0.25, 0.3) is 0 Å². The van der Waals surface area contributed by atoms with E-state index in [1.165, 1.54) is 0 Å². The summed E-state index contributed by atoms with van der Waals surface area (Å²) in [6, 6.07) is 3.52. The number of hydrogen-bond acceptors (Lipinski definition) is 3. The van der Waals surface area contributed by atoms with Gasteiger partial charge in [0.15, 0.2) is 0 Å². The molecule has 1 aliphatic heterocycles. The van der Waals surface area contributed by atoms with Gasteiger partial charge < -0.3 is 10.2 Å². The number of rotatable bonds is 3. The summed E-state index contributed by atoms with van der Waals surface area (Å²) in [5.41, 5.74) is 0.983. The second kappa shape index (κ2) is 6.99. The number of carbonyl (C=O) groups is 1. The third-order valence-electron chi connectivity index (χ3n) is 4.99. The van der Waals surface area contributed by atoms with Gasteiger partial charge in [-0.05, 0) is 37.8 Å². The molecule has 0 spiro atoms. The van der Waals surface area contributed by atoms with Gasteiger partial charge in [-0.1, -0.05) is 12.8 Å². The maximum Gasteiger partial charge on any atom is 0.392 e. The Morgan fingerprint density at radius 3 is 2.46 bits per heavy atom. The van der Waals surface area contributed by atoms with Gasteiger partial charge in [0.05, 0.1) is 17.8 Å². The number of aromatic nitrogens is 1. The van der Waals surface area contributed by atoms with Crippen LogP contribution in [0.5, 0.6) is 0 Å². The minimum absolute atomic E-state index is 0.0307. The van der Waals surface area contributed by atoms with Crippen molar-refractivity contribution in [1.29, 1.82) is 0 Å². The van der Waals surface area contributed by atoms with Gasteiger partial charge in [0, 0.05) is 19.0 Å². The first-order chi connectivity index (χ1) is 11.4. The van der Waals surface area contributed by atoms with E-state index in [4.69, 9.17) is 0 Å². The zero-order chi connectivity index (χ0) is 17.2. The molecule has 2 aliphatic rings. The van der Waals surface area contributed by atoms with Crippen LogP contribution in [0.3, 0.4) is 0 Å². The number of carbonyl (C=O) groups excluding carboxylic acids is 1. The summed E-state index contributed by atoms with van der Waals surface area (Å²) in [4.78, 5) is 18.7. The maximum absolute atomic E-state index is 13.1. The summed E-state index contributed by atoms with van der Waals surface area (Å²) < 4.78 is 39.3. The lowest BCUT2D eigenvalue weighted by atomic mass is 9.78. The van der Waals surface area contributed by atoms with Crippen molar-refractivity contribution in [3.63, 3.8) is 0 Å². The van der Waals surface area contributed by atoms with E-state index in [9.17, 15) is 18.0 Å². The molecule has 132 valence electrons. The summed E-state index contributed by atoms with van der Waals surface area (Å²) in [6.45, 7) is 1.98. The molecule has 1 aromatic heterocycles. The Morgan fingerprint density at radius 2 is 1.83 bits per heavy atom. The minimum atomic E-state index is -4.32. The number of hydrogen-bond donors (Lipinski definition) is 1. The molecule has 1 saturated carbocycles. The predicted molar refractivity (Wildman–Crippen MR) is 85.8 cm³/mol. The topological polar surface area (TPSA) is 45.2 Å². The second-order valence-corrected chi connectivity index (χ2v) is 6.62. The van der Waals surface area contributed by atoms with E-state index in [1.807, 2.05) is 6.07 Å². The zero-order valence-electron chi connectivity index (χ0n) is 13.5. The van der Waals surface area contributed by atoms with Gasteiger partial charge in [0.1, 0.15) is 5.82 Å². The van der Waals surface area contributed by atoms with E-state index in [2.05, 4.69) is 15.2 Å². The Bertz CT molecular complexity index is 567. The molecule has 1 saturated heterocycles. The molecular weight excluding hydrogens is 319 g/mol.